The molecule has 0 atom stereocenters. The number of aliphatic imine (C=N–C) groups is 1. The molecule has 0 aliphatic carbocycles. The fourth-order valence-electron chi connectivity index (χ4n) is 1.11. The molecule has 0 radical (unpaired) electrons. The maximum Gasteiger partial charge on any atom is 0.0994 e. The molecule has 64 valence electrons. The molecular formula is C8H9NS3. The van der Waals surface area contributed by atoms with Gasteiger partial charge in [0, 0.05) is 17.9 Å². The maximum atomic E-state index is 4.52. The van der Waals surface area contributed by atoms with E-state index < -0.39 is 0 Å². The average molecular weight is 215 g/mol. The van der Waals surface area contributed by atoms with Gasteiger partial charge in [-0.15, -0.1) is 34.9 Å². The lowest BCUT2D eigenvalue weighted by Crippen LogP contribution is -1.92. The summed E-state index contributed by atoms with van der Waals surface area (Å²) >= 11 is 5.50. The molecule has 0 fully saturated rings. The Morgan fingerprint density at radius 2 is 2.50 bits per heavy atom. The fourth-order valence-corrected chi connectivity index (χ4v) is 3.85. The third kappa shape index (κ3) is 1.56. The smallest absolute Gasteiger partial charge is 0.0994 e. The van der Waals surface area contributed by atoms with Gasteiger partial charge in [0.25, 0.3) is 0 Å². The van der Waals surface area contributed by atoms with E-state index >= 15 is 0 Å². The first-order valence-electron chi connectivity index (χ1n) is 3.71. The predicted octanol–water partition coefficient (Wildman–Crippen LogP) is 2.96. The summed E-state index contributed by atoms with van der Waals surface area (Å²) in [7, 11) is 0. The second-order valence-corrected chi connectivity index (χ2v) is 5.44. The van der Waals surface area contributed by atoms with E-state index in [1.807, 2.05) is 23.1 Å². The van der Waals surface area contributed by atoms with Crippen molar-refractivity contribution in [1.29, 1.82) is 0 Å². The monoisotopic (exact) mass is 215 g/mol. The molecule has 0 saturated heterocycles. The van der Waals surface area contributed by atoms with Gasteiger partial charge >= 0.3 is 0 Å². The summed E-state index contributed by atoms with van der Waals surface area (Å²) in [6.45, 7) is 0.961. The fraction of sp³-hybridized carbons (Fsp3) is 0.375. The van der Waals surface area contributed by atoms with E-state index in [1.165, 1.54) is 14.8 Å². The van der Waals surface area contributed by atoms with Crippen LogP contribution in [0.2, 0.25) is 0 Å². The van der Waals surface area contributed by atoms with E-state index in [0.29, 0.717) is 0 Å². The molecule has 1 aromatic rings. The van der Waals surface area contributed by atoms with Crippen LogP contribution in [0.15, 0.2) is 20.6 Å². The van der Waals surface area contributed by atoms with Crippen LogP contribution >= 0.6 is 34.9 Å². The minimum atomic E-state index is 0.961. The van der Waals surface area contributed by atoms with Crippen molar-refractivity contribution in [3.8, 4) is 0 Å². The highest BCUT2D eigenvalue weighted by Crippen LogP contribution is 2.33. The molecular weight excluding hydrogens is 206 g/mol. The first kappa shape index (κ1) is 8.66. The zero-order valence-corrected chi connectivity index (χ0v) is 9.19. The van der Waals surface area contributed by atoms with Gasteiger partial charge in [0.1, 0.15) is 0 Å². The molecule has 1 aromatic heterocycles. The second-order valence-electron chi connectivity index (χ2n) is 2.36. The van der Waals surface area contributed by atoms with Crippen molar-refractivity contribution in [3.63, 3.8) is 0 Å². The van der Waals surface area contributed by atoms with Gasteiger partial charge in [0.05, 0.1) is 9.25 Å². The minimum Gasteiger partial charge on any atom is -0.277 e. The predicted molar refractivity (Wildman–Crippen MR) is 60.0 cm³/mol. The van der Waals surface area contributed by atoms with E-state index in [0.717, 1.165) is 12.3 Å². The number of hydrogen-bond acceptors (Lipinski definition) is 4. The highest BCUT2D eigenvalue weighted by atomic mass is 32.2. The molecule has 0 saturated carbocycles. The zero-order chi connectivity index (χ0) is 8.39. The summed E-state index contributed by atoms with van der Waals surface area (Å²) < 4.78 is 1.43. The Labute approximate surface area is 84.7 Å². The summed E-state index contributed by atoms with van der Waals surface area (Å²) in [5, 5.41) is 3.35. The van der Waals surface area contributed by atoms with Crippen molar-refractivity contribution in [2.45, 2.75) is 4.21 Å². The minimum absolute atomic E-state index is 0.961. The van der Waals surface area contributed by atoms with E-state index in [2.05, 4.69) is 22.7 Å². The van der Waals surface area contributed by atoms with Gasteiger partial charge in [0.15, 0.2) is 0 Å². The Morgan fingerprint density at radius 3 is 3.33 bits per heavy atom. The average Bonchev–Trinajstić information content (AvgIpc) is 2.46. The van der Waals surface area contributed by atoms with Crippen molar-refractivity contribution >= 4 is 39.9 Å². The molecule has 0 N–H and O–H groups in total. The number of hydrogen-bond donors (Lipinski definition) is 0. The van der Waals surface area contributed by atoms with Gasteiger partial charge < -0.3 is 0 Å². The highest BCUT2D eigenvalue weighted by molar-refractivity contribution is 8.14. The lowest BCUT2D eigenvalue weighted by atomic mass is 10.4. The van der Waals surface area contributed by atoms with Gasteiger partial charge in [-0.2, -0.15) is 0 Å². The number of fused-ring (bicyclic) bond motifs is 1. The Kier molecular flexibility index (Phi) is 2.78. The van der Waals surface area contributed by atoms with Crippen molar-refractivity contribution in [2.75, 3.05) is 18.6 Å². The molecule has 12 heavy (non-hydrogen) atoms. The van der Waals surface area contributed by atoms with Crippen molar-refractivity contribution in [3.05, 3.63) is 17.0 Å². The Hall–Kier alpha value is 0.0700. The standard InChI is InChI=1S/C8H9NS3/c1-10-7-6-2-4-11-8(6)12-5-3-9-7/h2,4H,3,5H2,1H3. The van der Waals surface area contributed by atoms with Crippen molar-refractivity contribution < 1.29 is 0 Å². The summed E-state index contributed by atoms with van der Waals surface area (Å²) in [6.07, 6.45) is 2.09. The van der Waals surface area contributed by atoms with Gasteiger partial charge in [-0.3, -0.25) is 4.99 Å². The molecule has 2 rings (SSSR count). The van der Waals surface area contributed by atoms with E-state index in [9.17, 15) is 0 Å². The van der Waals surface area contributed by atoms with Crippen LogP contribution in [0.3, 0.4) is 0 Å². The van der Waals surface area contributed by atoms with Crippen LogP contribution in [0.5, 0.6) is 0 Å². The molecule has 2 heterocycles. The van der Waals surface area contributed by atoms with Crippen LogP contribution in [0.4, 0.5) is 0 Å². The molecule has 0 amide bonds. The molecule has 0 unspecified atom stereocenters. The summed E-state index contributed by atoms with van der Waals surface area (Å²) in [4.78, 5) is 4.52. The quantitative estimate of drug-likeness (QED) is 0.659. The summed E-state index contributed by atoms with van der Waals surface area (Å²) in [5.41, 5.74) is 1.34. The van der Waals surface area contributed by atoms with Crippen LogP contribution in [0, 0.1) is 0 Å². The molecule has 0 aromatic carbocycles. The van der Waals surface area contributed by atoms with Crippen LogP contribution in [-0.4, -0.2) is 23.6 Å². The van der Waals surface area contributed by atoms with Gasteiger partial charge in [-0.1, -0.05) is 0 Å². The first-order chi connectivity index (χ1) is 5.92. The first-order valence-corrected chi connectivity index (χ1v) is 6.80. The van der Waals surface area contributed by atoms with Crippen molar-refractivity contribution in [2.24, 2.45) is 4.99 Å². The number of rotatable bonds is 0. The molecule has 1 nitrogen and oxygen atoms in total. The molecule has 0 bridgehead atoms. The van der Waals surface area contributed by atoms with E-state index in [1.54, 1.807) is 11.8 Å². The Balaban J connectivity index is 2.42. The molecule has 1 aliphatic rings. The normalized spacial score (nSPS) is 16.6. The SMILES string of the molecule is CSC1=NCCSc2sccc21. The zero-order valence-electron chi connectivity index (χ0n) is 6.74. The largest absolute Gasteiger partial charge is 0.277 e. The van der Waals surface area contributed by atoms with Crippen LogP contribution in [0.25, 0.3) is 0 Å². The Bertz CT molecular complexity index is 303. The van der Waals surface area contributed by atoms with Gasteiger partial charge in [-0.05, 0) is 17.7 Å². The number of nitrogens with zero attached hydrogens (tertiary/aromatic N) is 1. The van der Waals surface area contributed by atoms with Crippen molar-refractivity contribution in [1.82, 2.24) is 0 Å². The maximum absolute atomic E-state index is 4.52. The molecule has 0 spiro atoms. The van der Waals surface area contributed by atoms with Crippen LogP contribution in [0.1, 0.15) is 5.56 Å². The highest BCUT2D eigenvalue weighted by Gasteiger charge is 2.12. The van der Waals surface area contributed by atoms with Crippen LogP contribution in [-0.2, 0) is 0 Å². The lowest BCUT2D eigenvalue weighted by molar-refractivity contribution is 1.16. The van der Waals surface area contributed by atoms with E-state index in [-0.39, 0.29) is 0 Å². The topological polar surface area (TPSA) is 12.4 Å². The van der Waals surface area contributed by atoms with E-state index in [4.69, 9.17) is 0 Å². The third-order valence-corrected chi connectivity index (χ3v) is 4.59. The van der Waals surface area contributed by atoms with Gasteiger partial charge in [0.2, 0.25) is 0 Å². The molecule has 4 heteroatoms. The Morgan fingerprint density at radius 1 is 1.58 bits per heavy atom. The van der Waals surface area contributed by atoms with Gasteiger partial charge in [-0.25, -0.2) is 0 Å². The molecule has 1 aliphatic heterocycles. The number of thioether (sulfide) groups is 2. The number of thiophene rings is 1. The lowest BCUT2D eigenvalue weighted by Gasteiger charge is -1.98. The summed E-state index contributed by atoms with van der Waals surface area (Å²) in [6, 6.07) is 2.17. The second kappa shape index (κ2) is 3.85. The van der Waals surface area contributed by atoms with Crippen LogP contribution < -0.4 is 0 Å². The third-order valence-electron chi connectivity index (χ3n) is 1.63. The summed E-state index contributed by atoms with van der Waals surface area (Å²) in [5.74, 6) is 1.12.